The second-order valence-electron chi connectivity index (χ2n) is 4.66. The van der Waals surface area contributed by atoms with Crippen LogP contribution in [0.1, 0.15) is 25.2 Å². The number of aryl methyl sites for hydroxylation is 1. The van der Waals surface area contributed by atoms with Crippen LogP contribution in [0.3, 0.4) is 0 Å². The van der Waals surface area contributed by atoms with E-state index in [-0.39, 0.29) is 22.5 Å². The van der Waals surface area contributed by atoms with Gasteiger partial charge in [0.05, 0.1) is 5.75 Å². The molecule has 1 aromatic heterocycles. The lowest BCUT2D eigenvalue weighted by Gasteiger charge is -2.09. The standard InChI is InChI=1S/C12H16F3N3OS/c1-7(2)5-16-10(19)6-20-11-17-8(3)4-9(18-11)12(13,14)15/h4,7H,5-6H2,1-3H3,(H,16,19). The van der Waals surface area contributed by atoms with E-state index in [0.717, 1.165) is 17.8 Å². The molecule has 0 aliphatic carbocycles. The van der Waals surface area contributed by atoms with Gasteiger partial charge in [-0.3, -0.25) is 4.79 Å². The molecule has 0 saturated heterocycles. The minimum absolute atomic E-state index is 0.00648. The van der Waals surface area contributed by atoms with Gasteiger partial charge in [0.25, 0.3) is 0 Å². The maximum atomic E-state index is 12.6. The molecule has 0 aliphatic heterocycles. The number of amides is 1. The SMILES string of the molecule is Cc1cc(C(F)(F)F)nc(SCC(=O)NCC(C)C)n1. The number of thioether (sulfide) groups is 1. The minimum Gasteiger partial charge on any atom is -0.355 e. The Morgan fingerprint density at radius 3 is 2.60 bits per heavy atom. The molecule has 1 aromatic rings. The second kappa shape index (κ2) is 6.92. The predicted octanol–water partition coefficient (Wildman–Crippen LogP) is 2.67. The van der Waals surface area contributed by atoms with Crippen LogP contribution in [0.15, 0.2) is 11.2 Å². The molecule has 0 fully saturated rings. The molecule has 0 bridgehead atoms. The first-order valence-corrected chi connectivity index (χ1v) is 6.99. The molecule has 0 unspecified atom stereocenters. The molecule has 112 valence electrons. The van der Waals surface area contributed by atoms with Crippen LogP contribution in [0, 0.1) is 12.8 Å². The largest absolute Gasteiger partial charge is 0.433 e. The number of nitrogens with zero attached hydrogens (tertiary/aromatic N) is 2. The molecular formula is C12H16F3N3OS. The lowest BCUT2D eigenvalue weighted by atomic mass is 10.2. The number of carbonyl (C=O) groups is 1. The third-order valence-corrected chi connectivity index (χ3v) is 3.01. The van der Waals surface area contributed by atoms with Crippen LogP contribution < -0.4 is 5.32 Å². The Kier molecular flexibility index (Phi) is 5.79. The van der Waals surface area contributed by atoms with Crippen molar-refractivity contribution in [1.29, 1.82) is 0 Å². The van der Waals surface area contributed by atoms with Gasteiger partial charge < -0.3 is 5.32 Å². The fourth-order valence-corrected chi connectivity index (χ4v) is 1.98. The van der Waals surface area contributed by atoms with Crippen LogP contribution in [0.2, 0.25) is 0 Å². The van der Waals surface area contributed by atoms with Gasteiger partial charge in [-0.25, -0.2) is 9.97 Å². The van der Waals surface area contributed by atoms with Crippen LogP contribution in [0.5, 0.6) is 0 Å². The van der Waals surface area contributed by atoms with E-state index >= 15 is 0 Å². The number of alkyl halides is 3. The van der Waals surface area contributed by atoms with Crippen molar-refractivity contribution >= 4 is 17.7 Å². The number of hydrogen-bond acceptors (Lipinski definition) is 4. The van der Waals surface area contributed by atoms with Gasteiger partial charge in [0.15, 0.2) is 5.16 Å². The minimum atomic E-state index is -4.51. The van der Waals surface area contributed by atoms with Gasteiger partial charge in [-0.1, -0.05) is 25.6 Å². The maximum Gasteiger partial charge on any atom is 0.433 e. The average Bonchev–Trinajstić information content (AvgIpc) is 2.32. The summed E-state index contributed by atoms with van der Waals surface area (Å²) in [5.41, 5.74) is -0.771. The Balaban J connectivity index is 2.64. The Morgan fingerprint density at radius 2 is 2.05 bits per heavy atom. The molecule has 8 heteroatoms. The van der Waals surface area contributed by atoms with E-state index in [2.05, 4.69) is 15.3 Å². The summed E-state index contributed by atoms with van der Waals surface area (Å²) >= 11 is 0.890. The summed E-state index contributed by atoms with van der Waals surface area (Å²) in [6.07, 6.45) is -4.51. The Labute approximate surface area is 119 Å². The molecule has 0 saturated carbocycles. The predicted molar refractivity (Wildman–Crippen MR) is 70.3 cm³/mol. The van der Waals surface area contributed by atoms with E-state index in [0.29, 0.717) is 12.5 Å². The van der Waals surface area contributed by atoms with Crippen molar-refractivity contribution in [3.8, 4) is 0 Å². The van der Waals surface area contributed by atoms with Gasteiger partial charge in [0.1, 0.15) is 5.69 Å². The molecule has 4 nitrogen and oxygen atoms in total. The van der Waals surface area contributed by atoms with Gasteiger partial charge in [-0.05, 0) is 18.9 Å². The number of aromatic nitrogens is 2. The summed E-state index contributed by atoms with van der Waals surface area (Å²) in [4.78, 5) is 18.8. The van der Waals surface area contributed by atoms with E-state index in [1.807, 2.05) is 13.8 Å². The van der Waals surface area contributed by atoms with E-state index in [1.54, 1.807) is 0 Å². The third kappa shape index (κ3) is 5.77. The van der Waals surface area contributed by atoms with Crippen LogP contribution in [0.4, 0.5) is 13.2 Å². The van der Waals surface area contributed by atoms with Gasteiger partial charge in [0, 0.05) is 12.2 Å². The molecule has 0 aromatic carbocycles. The normalized spacial score (nSPS) is 11.8. The van der Waals surface area contributed by atoms with Crippen molar-refractivity contribution in [3.05, 3.63) is 17.5 Å². The molecule has 0 atom stereocenters. The number of carbonyl (C=O) groups excluding carboxylic acids is 1. The highest BCUT2D eigenvalue weighted by Gasteiger charge is 2.33. The van der Waals surface area contributed by atoms with E-state index in [4.69, 9.17) is 0 Å². The van der Waals surface area contributed by atoms with Gasteiger partial charge >= 0.3 is 6.18 Å². The van der Waals surface area contributed by atoms with Crippen molar-refractivity contribution in [1.82, 2.24) is 15.3 Å². The monoisotopic (exact) mass is 307 g/mol. The molecule has 1 amide bonds. The van der Waals surface area contributed by atoms with Crippen LogP contribution >= 0.6 is 11.8 Å². The molecule has 1 heterocycles. The van der Waals surface area contributed by atoms with Crippen molar-refractivity contribution in [2.24, 2.45) is 5.92 Å². The highest BCUT2D eigenvalue weighted by atomic mass is 32.2. The zero-order valence-corrected chi connectivity index (χ0v) is 12.2. The summed E-state index contributed by atoms with van der Waals surface area (Å²) in [6.45, 7) is 5.89. The van der Waals surface area contributed by atoms with E-state index < -0.39 is 11.9 Å². The molecule has 0 aliphatic rings. The van der Waals surface area contributed by atoms with E-state index in [9.17, 15) is 18.0 Å². The zero-order valence-electron chi connectivity index (χ0n) is 11.4. The van der Waals surface area contributed by atoms with Crippen LogP contribution in [0.25, 0.3) is 0 Å². The van der Waals surface area contributed by atoms with Crippen molar-refractivity contribution in [2.75, 3.05) is 12.3 Å². The number of hydrogen-bond donors (Lipinski definition) is 1. The van der Waals surface area contributed by atoms with Gasteiger partial charge in [-0.2, -0.15) is 13.2 Å². The molecule has 0 spiro atoms. The molecule has 20 heavy (non-hydrogen) atoms. The Morgan fingerprint density at radius 1 is 1.40 bits per heavy atom. The maximum absolute atomic E-state index is 12.6. The summed E-state index contributed by atoms with van der Waals surface area (Å²) in [7, 11) is 0. The molecule has 0 radical (unpaired) electrons. The van der Waals surface area contributed by atoms with E-state index in [1.165, 1.54) is 6.92 Å². The smallest absolute Gasteiger partial charge is 0.355 e. The summed E-state index contributed by atoms with van der Waals surface area (Å²) in [6, 6.07) is 0.878. The topological polar surface area (TPSA) is 54.9 Å². The van der Waals surface area contributed by atoms with Crippen LogP contribution in [-0.4, -0.2) is 28.2 Å². The number of nitrogens with one attached hydrogen (secondary N) is 1. The van der Waals surface area contributed by atoms with Crippen LogP contribution in [-0.2, 0) is 11.0 Å². The summed E-state index contributed by atoms with van der Waals surface area (Å²) < 4.78 is 37.7. The Bertz CT molecular complexity index is 478. The fourth-order valence-electron chi connectivity index (χ4n) is 1.25. The highest BCUT2D eigenvalue weighted by molar-refractivity contribution is 7.99. The lowest BCUT2D eigenvalue weighted by Crippen LogP contribution is -2.28. The summed E-state index contributed by atoms with van der Waals surface area (Å²) in [5, 5.41) is 2.63. The van der Waals surface area contributed by atoms with Crippen molar-refractivity contribution < 1.29 is 18.0 Å². The average molecular weight is 307 g/mol. The fraction of sp³-hybridized carbons (Fsp3) is 0.583. The quantitative estimate of drug-likeness (QED) is 0.671. The number of rotatable bonds is 5. The molecule has 1 N–H and O–H groups in total. The molecular weight excluding hydrogens is 291 g/mol. The first kappa shape index (κ1) is 16.7. The van der Waals surface area contributed by atoms with Gasteiger partial charge in [-0.15, -0.1) is 0 Å². The second-order valence-corrected chi connectivity index (χ2v) is 5.60. The Hall–Kier alpha value is -1.31. The molecule has 1 rings (SSSR count). The first-order chi connectivity index (χ1) is 9.18. The number of halogens is 3. The lowest BCUT2D eigenvalue weighted by molar-refractivity contribution is -0.141. The third-order valence-electron chi connectivity index (χ3n) is 2.16. The first-order valence-electron chi connectivity index (χ1n) is 6.01. The highest BCUT2D eigenvalue weighted by Crippen LogP contribution is 2.29. The van der Waals surface area contributed by atoms with Gasteiger partial charge in [0.2, 0.25) is 5.91 Å². The zero-order chi connectivity index (χ0) is 15.3. The van der Waals surface area contributed by atoms with Crippen molar-refractivity contribution in [2.45, 2.75) is 32.1 Å². The van der Waals surface area contributed by atoms with Crippen molar-refractivity contribution in [3.63, 3.8) is 0 Å². The summed E-state index contributed by atoms with van der Waals surface area (Å²) in [5.74, 6) is 0.0615.